The number of carbonyl (C=O) groups excluding carboxylic acids is 2. The fraction of sp³-hybridized carbons (Fsp3) is 0.490. The summed E-state index contributed by atoms with van der Waals surface area (Å²) in [5.41, 5.74) is 18.0. The SMILES string of the molecule is CC(=O)N1CCc2c(c(N3CCCc4cc(-c5cn(C)cn5)c(C(F)F)cc43)nn2C2CCC3(CC2)CC(O/C(N)=C/C=C(\N)C(=O)NC2CCCCC2)C3)C1.N#Cc1cc[c-]cc1Cl.[Os+]. The third-order valence-electron chi connectivity index (χ3n) is 13.9. The number of hydrogen-bond acceptors (Lipinski definition) is 9. The Bertz CT molecular complexity index is 2490. The molecule has 4 heterocycles. The van der Waals surface area contributed by atoms with Crippen LogP contribution in [0.2, 0.25) is 5.02 Å². The number of halogens is 3. The number of nitrogens with zero attached hydrogens (tertiary/aromatic N) is 7. The van der Waals surface area contributed by atoms with E-state index in [1.165, 1.54) is 12.5 Å². The van der Waals surface area contributed by atoms with Gasteiger partial charge in [-0.2, -0.15) is 46.2 Å². The molecule has 2 aromatic heterocycles. The number of hydrogen-bond donors (Lipinski definition) is 3. The zero-order valence-electron chi connectivity index (χ0n) is 37.5. The molecule has 0 unspecified atom stereocenters. The smallest absolute Gasteiger partial charge is 0.476 e. The normalized spacial score (nSPS) is 22.0. The van der Waals surface area contributed by atoms with E-state index in [2.05, 4.69) is 25.9 Å². The van der Waals surface area contributed by atoms with Crippen molar-refractivity contribution in [1.82, 2.24) is 29.5 Å². The first-order chi connectivity index (χ1) is 31.3. The maximum atomic E-state index is 14.7. The number of allylic oxidation sites excluding steroid dienone is 2. The van der Waals surface area contributed by atoms with Crippen molar-refractivity contribution in [2.24, 2.45) is 23.9 Å². The minimum absolute atomic E-state index is 0. The number of ether oxygens (including phenoxy) is 1. The number of aromatic nitrogens is 4. The van der Waals surface area contributed by atoms with Gasteiger partial charge in [-0.15, -0.1) is 0 Å². The zero-order chi connectivity index (χ0) is 45.8. The molecule has 3 fully saturated rings. The van der Waals surface area contributed by atoms with Crippen molar-refractivity contribution in [1.29, 1.82) is 5.26 Å². The molecule has 2 aliphatic heterocycles. The molecule has 0 bridgehead atoms. The number of anilines is 2. The maximum absolute atomic E-state index is 14.7. The number of nitrogens with one attached hydrogen (secondary N) is 1. The summed E-state index contributed by atoms with van der Waals surface area (Å²) >= 11 is 5.57. The molecule has 5 N–H and O–H groups in total. The number of fused-ring (bicyclic) bond motifs is 2. The Balaban J connectivity index is 0.000000581. The van der Waals surface area contributed by atoms with Crippen molar-refractivity contribution in [2.75, 3.05) is 18.0 Å². The van der Waals surface area contributed by atoms with Crippen molar-refractivity contribution in [2.45, 2.75) is 128 Å². The number of carbonyl (C=O) groups is 2. The van der Waals surface area contributed by atoms with Gasteiger partial charge in [-0.05, 0) is 105 Å². The van der Waals surface area contributed by atoms with Crippen LogP contribution >= 0.6 is 11.6 Å². The van der Waals surface area contributed by atoms with E-state index >= 15 is 0 Å². The maximum Gasteiger partial charge on any atom is 1.00 e. The molecule has 1 radical (unpaired) electrons. The van der Waals surface area contributed by atoms with E-state index in [0.29, 0.717) is 47.9 Å². The molecule has 0 saturated heterocycles. The second kappa shape index (κ2) is 21.2. The van der Waals surface area contributed by atoms with Crippen molar-refractivity contribution >= 4 is 34.9 Å². The van der Waals surface area contributed by atoms with Crippen LogP contribution in [0.3, 0.4) is 0 Å². The average molecular weight is 1100 g/mol. The van der Waals surface area contributed by atoms with Crippen LogP contribution in [0.1, 0.15) is 124 Å². The molecule has 0 atom stereocenters. The van der Waals surface area contributed by atoms with Gasteiger partial charge >= 0.3 is 19.8 Å². The average Bonchev–Trinajstić information content (AvgIpc) is 3.91. The minimum atomic E-state index is -2.67. The van der Waals surface area contributed by atoms with Crippen LogP contribution in [-0.4, -0.2) is 61.3 Å². The molecule has 5 aliphatic rings. The van der Waals surface area contributed by atoms with Crippen molar-refractivity contribution in [3.05, 3.63) is 106 Å². The molecule has 3 aliphatic carbocycles. The zero-order valence-corrected chi connectivity index (χ0v) is 40.8. The number of aryl methyl sites for hydroxylation is 2. The van der Waals surface area contributed by atoms with E-state index in [4.69, 9.17) is 38.2 Å². The number of nitrogens with two attached hydrogens (primary N) is 2. The first-order valence-corrected chi connectivity index (χ1v) is 23.2. The van der Waals surface area contributed by atoms with Gasteiger partial charge in [0, 0.05) is 73.8 Å². The molecule has 66 heavy (non-hydrogen) atoms. The minimum Gasteiger partial charge on any atom is -0.476 e. The molecule has 351 valence electrons. The van der Waals surface area contributed by atoms with Crippen LogP contribution in [-0.2, 0) is 60.6 Å². The standard InChI is InChI=1S/C42H55F2N9O3.C7H3ClN.Os/c1-26(54)51-18-14-36-33(23-51)40(52-17-6-7-27-19-31(35-24-50(2)25-47-35)32(39(43)44)20-37(27)52)49-53(36)29-12-15-42(16-13-29)21-30(22-42)56-38(46)11-10-34(45)41(55)48-28-8-4-3-5-9-28;8-7-4-2-1-3-6(7)5-9;/h10-11,19-20,24-25,28-30,39H,3-9,12-18,21-23,45-46H2,1-2H3,(H,48,55);1,3-4H;/q;-1;+1/b34-10-,38-11+;;. The van der Waals surface area contributed by atoms with Gasteiger partial charge in [-0.3, -0.25) is 14.3 Å². The van der Waals surface area contributed by atoms with E-state index in [1.807, 2.05) is 24.1 Å². The molecular weight excluding hydrogens is 1040 g/mol. The van der Waals surface area contributed by atoms with Crippen LogP contribution in [0.5, 0.6) is 0 Å². The number of nitriles is 1. The first kappa shape index (κ1) is 48.7. The number of amides is 2. The third-order valence-corrected chi connectivity index (χ3v) is 14.2. The van der Waals surface area contributed by atoms with Crippen LogP contribution in [0.15, 0.2) is 66.6 Å². The number of rotatable bonds is 9. The largest absolute Gasteiger partial charge is 1.00 e. The molecular formula is C49H58ClF2N10O3Os. The molecule has 2 aromatic carbocycles. The Hall–Kier alpha value is -5.24. The topological polar surface area (TPSA) is 173 Å². The quantitative estimate of drug-likeness (QED) is 0.0642. The Labute approximate surface area is 403 Å². The molecule has 3 saturated carbocycles. The molecule has 1 spiro atoms. The Morgan fingerprint density at radius 3 is 2.48 bits per heavy atom. The summed E-state index contributed by atoms with van der Waals surface area (Å²) in [7, 11) is 1.83. The summed E-state index contributed by atoms with van der Waals surface area (Å²) in [5, 5.41) is 17.2. The van der Waals surface area contributed by atoms with Crippen LogP contribution in [0.4, 0.5) is 20.3 Å². The number of benzene rings is 2. The Morgan fingerprint density at radius 1 is 1.08 bits per heavy atom. The summed E-state index contributed by atoms with van der Waals surface area (Å²) in [4.78, 5) is 33.5. The number of alkyl halides is 2. The van der Waals surface area contributed by atoms with Gasteiger partial charge in [0.25, 0.3) is 12.3 Å². The van der Waals surface area contributed by atoms with Crippen LogP contribution in [0, 0.1) is 22.8 Å². The molecule has 13 nitrogen and oxygen atoms in total. The van der Waals surface area contributed by atoms with Gasteiger partial charge in [0.05, 0.1) is 36.4 Å². The molecule has 4 aromatic rings. The monoisotopic (exact) mass is 1100 g/mol. The van der Waals surface area contributed by atoms with Crippen LogP contribution in [0.25, 0.3) is 11.3 Å². The van der Waals surface area contributed by atoms with E-state index < -0.39 is 6.43 Å². The first-order valence-electron chi connectivity index (χ1n) is 22.8. The van der Waals surface area contributed by atoms with Crippen molar-refractivity contribution in [3.8, 4) is 17.3 Å². The van der Waals surface area contributed by atoms with Crippen LogP contribution < -0.4 is 21.7 Å². The van der Waals surface area contributed by atoms with Gasteiger partial charge in [-0.1, -0.05) is 24.3 Å². The summed E-state index contributed by atoms with van der Waals surface area (Å²) in [6.07, 6.45) is 17.5. The van der Waals surface area contributed by atoms with E-state index in [0.717, 1.165) is 105 Å². The summed E-state index contributed by atoms with van der Waals surface area (Å²) < 4.78 is 39.4. The molecule has 2 amide bonds. The van der Waals surface area contributed by atoms with Crippen molar-refractivity contribution in [3.63, 3.8) is 0 Å². The molecule has 9 rings (SSSR count). The van der Waals surface area contributed by atoms with Gasteiger partial charge in [-0.25, -0.2) is 13.8 Å². The molecule has 17 heteroatoms. The van der Waals surface area contributed by atoms with Gasteiger partial charge in [0.15, 0.2) is 11.7 Å². The predicted molar refractivity (Wildman–Crippen MR) is 245 cm³/mol. The van der Waals surface area contributed by atoms with Gasteiger partial charge in [0.1, 0.15) is 6.10 Å². The van der Waals surface area contributed by atoms with Gasteiger partial charge in [0.2, 0.25) is 5.91 Å². The second-order valence-electron chi connectivity index (χ2n) is 18.3. The summed E-state index contributed by atoms with van der Waals surface area (Å²) in [6.45, 7) is 3.34. The van der Waals surface area contributed by atoms with Crippen molar-refractivity contribution < 1.29 is 42.9 Å². The predicted octanol–water partition coefficient (Wildman–Crippen LogP) is 8.59. The fourth-order valence-electron chi connectivity index (χ4n) is 10.4. The number of imidazole rings is 1. The summed E-state index contributed by atoms with van der Waals surface area (Å²) in [5.74, 6) is 0.789. The Morgan fingerprint density at radius 2 is 1.83 bits per heavy atom. The van der Waals surface area contributed by atoms with E-state index in [-0.39, 0.29) is 72.4 Å². The Kier molecular flexibility index (Phi) is 15.6. The van der Waals surface area contributed by atoms with E-state index in [9.17, 15) is 18.4 Å². The second-order valence-corrected chi connectivity index (χ2v) is 18.7. The fourth-order valence-corrected chi connectivity index (χ4v) is 10.6. The van der Waals surface area contributed by atoms with E-state index in [1.54, 1.807) is 54.4 Å². The third kappa shape index (κ3) is 10.8. The van der Waals surface area contributed by atoms with Gasteiger partial charge < -0.3 is 35.9 Å². The summed E-state index contributed by atoms with van der Waals surface area (Å²) in [6, 6.07) is 13.5.